The Bertz CT molecular complexity index is 608. The zero-order chi connectivity index (χ0) is 17.0. The molecule has 0 spiro atoms. The molecule has 5 heteroatoms. The zero-order valence-corrected chi connectivity index (χ0v) is 14.4. The van der Waals surface area contributed by atoms with Gasteiger partial charge in [-0.25, -0.2) is 0 Å². The van der Waals surface area contributed by atoms with Crippen LogP contribution in [0.1, 0.15) is 36.9 Å². The number of pyridine rings is 1. The van der Waals surface area contributed by atoms with E-state index < -0.39 is 5.60 Å². The summed E-state index contributed by atoms with van der Waals surface area (Å²) in [6.07, 6.45) is 7.90. The Hall–Kier alpha value is -1.72. The highest BCUT2D eigenvalue weighted by Crippen LogP contribution is 2.41. The van der Waals surface area contributed by atoms with Crippen molar-refractivity contribution < 1.29 is 9.94 Å². The highest BCUT2D eigenvalue weighted by molar-refractivity contribution is 5.93. The summed E-state index contributed by atoms with van der Waals surface area (Å²) in [6.45, 7) is 5.97. The van der Waals surface area contributed by atoms with E-state index in [-0.39, 0.29) is 5.92 Å². The highest BCUT2D eigenvalue weighted by atomic mass is 16.6. The molecule has 2 aliphatic rings. The first-order chi connectivity index (χ1) is 11.7. The van der Waals surface area contributed by atoms with Crippen LogP contribution < -0.4 is 0 Å². The number of rotatable bonds is 4. The van der Waals surface area contributed by atoms with E-state index in [1.807, 2.05) is 6.07 Å². The highest BCUT2D eigenvalue weighted by Gasteiger charge is 2.47. The first kappa shape index (κ1) is 17.1. The van der Waals surface area contributed by atoms with Crippen LogP contribution in [0.5, 0.6) is 0 Å². The lowest BCUT2D eigenvalue weighted by molar-refractivity contribution is 0.00448. The van der Waals surface area contributed by atoms with Crippen molar-refractivity contribution in [2.75, 3.05) is 26.7 Å². The molecule has 130 valence electrons. The molecule has 1 N–H and O–H groups in total. The number of aliphatic hydroxyl groups is 1. The number of hydrogen-bond acceptors (Lipinski definition) is 5. The largest absolute Gasteiger partial charge is 0.392 e. The minimum absolute atomic E-state index is 0.117. The Balaban J connectivity index is 2.02. The number of piperidine rings is 1. The third-order valence-corrected chi connectivity index (χ3v) is 5.23. The summed E-state index contributed by atoms with van der Waals surface area (Å²) in [5.41, 5.74) is 1.50. The molecule has 0 radical (unpaired) electrons. The quantitative estimate of drug-likeness (QED) is 0.399. The molecule has 0 amide bonds. The molecule has 2 heterocycles. The predicted molar refractivity (Wildman–Crippen MR) is 94.9 cm³/mol. The number of likely N-dealkylation sites (tertiary alicyclic amines) is 1. The Kier molecular flexibility index (Phi) is 5.31. The van der Waals surface area contributed by atoms with Crippen LogP contribution in [0.15, 0.2) is 36.1 Å². The van der Waals surface area contributed by atoms with E-state index in [4.69, 9.17) is 4.84 Å². The van der Waals surface area contributed by atoms with Crippen LogP contribution in [0.2, 0.25) is 0 Å². The van der Waals surface area contributed by atoms with E-state index >= 15 is 0 Å². The van der Waals surface area contributed by atoms with Crippen LogP contribution in [0, 0.1) is 5.92 Å². The molecule has 0 bridgehead atoms. The second-order valence-corrected chi connectivity index (χ2v) is 6.83. The van der Waals surface area contributed by atoms with Gasteiger partial charge in [0.1, 0.15) is 6.61 Å². The molecule has 1 fully saturated rings. The van der Waals surface area contributed by atoms with Gasteiger partial charge in [-0.3, -0.25) is 4.98 Å². The van der Waals surface area contributed by atoms with Gasteiger partial charge in [-0.05, 0) is 63.9 Å². The van der Waals surface area contributed by atoms with Crippen molar-refractivity contribution in [2.24, 2.45) is 11.1 Å². The number of oxime groups is 1. The average Bonchev–Trinajstić information content (AvgIpc) is 2.74. The van der Waals surface area contributed by atoms with Gasteiger partial charge in [-0.15, -0.1) is 0 Å². The normalized spacial score (nSPS) is 27.5. The van der Waals surface area contributed by atoms with Crippen molar-refractivity contribution in [1.82, 2.24) is 9.88 Å². The molecule has 1 saturated heterocycles. The minimum Gasteiger partial charge on any atom is -0.392 e. The van der Waals surface area contributed by atoms with Crippen LogP contribution in [-0.2, 0) is 16.9 Å². The molecule has 1 unspecified atom stereocenters. The molecule has 24 heavy (non-hydrogen) atoms. The molecule has 5 nitrogen and oxygen atoms in total. The molecule has 1 aromatic rings. The number of fused-ring (bicyclic) bond motifs is 1. The topological polar surface area (TPSA) is 58.0 Å². The van der Waals surface area contributed by atoms with Gasteiger partial charge in [0.2, 0.25) is 0 Å². The fourth-order valence-corrected chi connectivity index (χ4v) is 3.90. The molecular formula is C19H27N3O2. The summed E-state index contributed by atoms with van der Waals surface area (Å²) in [5.74, 6) is 0.117. The molecule has 1 aliphatic carbocycles. The Morgan fingerprint density at radius 1 is 1.46 bits per heavy atom. The fourth-order valence-electron chi connectivity index (χ4n) is 3.90. The van der Waals surface area contributed by atoms with Gasteiger partial charge in [-0.2, -0.15) is 0 Å². The van der Waals surface area contributed by atoms with Crippen molar-refractivity contribution in [1.29, 1.82) is 0 Å². The van der Waals surface area contributed by atoms with Gasteiger partial charge < -0.3 is 14.8 Å². The van der Waals surface area contributed by atoms with Crippen LogP contribution >= 0.6 is 0 Å². The van der Waals surface area contributed by atoms with Crippen molar-refractivity contribution in [3.8, 4) is 0 Å². The third kappa shape index (κ3) is 3.23. The van der Waals surface area contributed by atoms with E-state index in [0.29, 0.717) is 6.61 Å². The fraction of sp³-hybridized carbons (Fsp3) is 0.579. The molecule has 1 aliphatic heterocycles. The van der Waals surface area contributed by atoms with E-state index in [2.05, 4.69) is 34.7 Å². The second-order valence-electron chi connectivity index (χ2n) is 6.83. The Morgan fingerprint density at radius 3 is 3.00 bits per heavy atom. The summed E-state index contributed by atoms with van der Waals surface area (Å²) >= 11 is 0. The predicted octanol–water partition coefficient (Wildman–Crippen LogP) is 2.51. The van der Waals surface area contributed by atoms with Crippen molar-refractivity contribution in [3.63, 3.8) is 0 Å². The number of aromatic nitrogens is 1. The van der Waals surface area contributed by atoms with Gasteiger partial charge >= 0.3 is 0 Å². The van der Waals surface area contributed by atoms with E-state index in [1.165, 1.54) is 0 Å². The maximum absolute atomic E-state index is 11.9. The lowest BCUT2D eigenvalue weighted by Gasteiger charge is -2.40. The molecular weight excluding hydrogens is 302 g/mol. The van der Waals surface area contributed by atoms with Gasteiger partial charge in [0.25, 0.3) is 0 Å². The van der Waals surface area contributed by atoms with E-state index in [1.54, 1.807) is 12.3 Å². The van der Waals surface area contributed by atoms with Gasteiger partial charge in [0.05, 0.1) is 11.4 Å². The van der Waals surface area contributed by atoms with Crippen molar-refractivity contribution in [3.05, 3.63) is 42.2 Å². The number of hydrogen-bond donors (Lipinski definition) is 1. The summed E-state index contributed by atoms with van der Waals surface area (Å²) in [5, 5.41) is 16.2. The molecule has 0 aromatic carbocycles. The maximum Gasteiger partial charge on any atom is 0.151 e. The van der Waals surface area contributed by atoms with Crippen LogP contribution in [0.25, 0.3) is 0 Å². The second kappa shape index (κ2) is 7.45. The van der Waals surface area contributed by atoms with Crippen LogP contribution in [0.3, 0.4) is 0 Å². The first-order valence-corrected chi connectivity index (χ1v) is 8.81. The standard InChI is InChI=1S/C19H27N3O2/c1-3-14-24-21-17-8-4-6-15-7-5-11-20-18(15)19(17,23)16-9-12-22(2)13-10-16/h3,5,7,11,16,23H,1,4,6,8-10,12-14H2,2H3. The van der Waals surface area contributed by atoms with Crippen LogP contribution in [0.4, 0.5) is 0 Å². The summed E-state index contributed by atoms with van der Waals surface area (Å²) in [4.78, 5) is 12.3. The monoisotopic (exact) mass is 329 g/mol. The third-order valence-electron chi connectivity index (χ3n) is 5.23. The molecule has 1 aromatic heterocycles. The maximum atomic E-state index is 11.9. The molecule has 1 atom stereocenters. The average molecular weight is 329 g/mol. The van der Waals surface area contributed by atoms with Gasteiger partial charge in [0, 0.05) is 12.1 Å². The van der Waals surface area contributed by atoms with Crippen molar-refractivity contribution >= 4 is 5.71 Å². The molecule has 3 rings (SSSR count). The molecule has 0 saturated carbocycles. The smallest absolute Gasteiger partial charge is 0.151 e. The zero-order valence-electron chi connectivity index (χ0n) is 14.4. The first-order valence-electron chi connectivity index (χ1n) is 8.81. The van der Waals surface area contributed by atoms with E-state index in [9.17, 15) is 5.11 Å². The lowest BCUT2D eigenvalue weighted by atomic mass is 9.74. The van der Waals surface area contributed by atoms with Gasteiger partial charge in [0.15, 0.2) is 5.60 Å². The number of nitrogens with zero attached hydrogens (tertiary/aromatic N) is 3. The summed E-state index contributed by atoms with van der Waals surface area (Å²) in [7, 11) is 2.13. The van der Waals surface area contributed by atoms with Crippen molar-refractivity contribution in [2.45, 2.75) is 37.7 Å². The van der Waals surface area contributed by atoms with Crippen LogP contribution in [-0.4, -0.2) is 47.4 Å². The van der Waals surface area contributed by atoms with E-state index in [0.717, 1.165) is 62.2 Å². The Labute approximate surface area is 144 Å². The Morgan fingerprint density at radius 2 is 2.25 bits per heavy atom. The number of aryl methyl sites for hydroxylation is 1. The minimum atomic E-state index is -1.13. The van der Waals surface area contributed by atoms with Gasteiger partial charge in [-0.1, -0.05) is 23.9 Å². The summed E-state index contributed by atoms with van der Waals surface area (Å²) < 4.78 is 0. The SMILES string of the molecule is C=CCON=C1CCCc2cccnc2C1(O)C1CCN(C)CC1. The lowest BCUT2D eigenvalue weighted by Crippen LogP contribution is -2.48. The summed E-state index contributed by atoms with van der Waals surface area (Å²) in [6, 6.07) is 4.03.